The fourth-order valence-corrected chi connectivity index (χ4v) is 3.62. The second kappa shape index (κ2) is 5.24. The van der Waals surface area contributed by atoms with E-state index in [1.54, 1.807) is 6.07 Å². The molecule has 0 aliphatic carbocycles. The lowest BCUT2D eigenvalue weighted by atomic mass is 9.96. The number of hydrogen-bond acceptors (Lipinski definition) is 5. The molecule has 27 heavy (non-hydrogen) atoms. The van der Waals surface area contributed by atoms with Crippen molar-refractivity contribution in [3.8, 4) is 0 Å². The highest BCUT2D eigenvalue weighted by Gasteiger charge is 2.35. The first kappa shape index (κ1) is 15.3. The van der Waals surface area contributed by atoms with Crippen LogP contribution in [0.25, 0.3) is 21.8 Å². The molecule has 4 aromatic rings. The zero-order chi connectivity index (χ0) is 18.7. The van der Waals surface area contributed by atoms with E-state index in [9.17, 15) is 14.4 Å². The Bertz CT molecular complexity index is 1290. The molecule has 3 amide bonds. The van der Waals surface area contributed by atoms with Crippen molar-refractivity contribution in [2.75, 3.05) is 5.43 Å². The van der Waals surface area contributed by atoms with Crippen LogP contribution in [0.15, 0.2) is 43.0 Å². The predicted molar refractivity (Wildman–Crippen MR) is 95.9 cm³/mol. The lowest BCUT2D eigenvalue weighted by molar-refractivity contribution is 0.0875. The summed E-state index contributed by atoms with van der Waals surface area (Å²) in [6.07, 6.45) is 2.64. The first-order chi connectivity index (χ1) is 13.1. The van der Waals surface area contributed by atoms with Crippen LogP contribution in [0.5, 0.6) is 0 Å². The summed E-state index contributed by atoms with van der Waals surface area (Å²) in [7, 11) is 1.85. The first-order valence-corrected chi connectivity index (χ1v) is 8.12. The number of aromatic nitrogens is 4. The van der Waals surface area contributed by atoms with Gasteiger partial charge in [-0.2, -0.15) is 0 Å². The number of hydrogen-bond donors (Lipinski definition) is 2. The molecule has 0 radical (unpaired) electrons. The molecule has 1 aliphatic rings. The minimum Gasteiger partial charge on any atom is -0.344 e. The monoisotopic (exact) mass is 360 g/mol. The Balaban J connectivity index is 1.85. The van der Waals surface area contributed by atoms with Crippen molar-refractivity contribution in [3.05, 3.63) is 59.7 Å². The summed E-state index contributed by atoms with van der Waals surface area (Å²) in [4.78, 5) is 37.8. The highest BCUT2D eigenvalue weighted by Crippen LogP contribution is 2.36. The van der Waals surface area contributed by atoms with Crippen molar-refractivity contribution in [2.45, 2.75) is 0 Å². The van der Waals surface area contributed by atoms with E-state index in [1.165, 1.54) is 17.3 Å². The Kier molecular flexibility index (Phi) is 2.96. The Morgan fingerprint density at radius 1 is 1.04 bits per heavy atom. The van der Waals surface area contributed by atoms with Crippen molar-refractivity contribution in [1.29, 1.82) is 0 Å². The van der Waals surface area contributed by atoms with Crippen LogP contribution >= 0.6 is 0 Å². The van der Waals surface area contributed by atoms with Crippen LogP contribution in [-0.4, -0.2) is 37.2 Å². The van der Waals surface area contributed by atoms with Crippen molar-refractivity contribution in [2.24, 2.45) is 7.05 Å². The Morgan fingerprint density at radius 2 is 1.74 bits per heavy atom. The van der Waals surface area contributed by atoms with Gasteiger partial charge in [0, 0.05) is 23.3 Å². The van der Waals surface area contributed by atoms with Gasteiger partial charge in [-0.05, 0) is 12.1 Å². The SMILES string of the molecule is Cn1c2ccccc2c2c3c(c(C(=O)Nn4cnnc4)cc21)C(=O)NC3=O. The molecule has 0 spiro atoms. The van der Waals surface area contributed by atoms with E-state index < -0.39 is 17.7 Å². The zero-order valence-corrected chi connectivity index (χ0v) is 14.1. The third-order valence-corrected chi connectivity index (χ3v) is 4.78. The van der Waals surface area contributed by atoms with Crippen LogP contribution in [0, 0.1) is 0 Å². The topological polar surface area (TPSA) is 111 Å². The minimum atomic E-state index is -0.584. The molecule has 0 atom stereocenters. The van der Waals surface area contributed by atoms with E-state index in [0.717, 1.165) is 10.9 Å². The fourth-order valence-electron chi connectivity index (χ4n) is 3.62. The standard InChI is InChI=1S/C18H12N6O3/c1-23-11-5-3-2-4-9(11)13-12(23)6-10(14-15(13)18(27)21-17(14)26)16(25)22-24-7-19-20-8-24/h2-8H,1H3,(H,22,25)(H,21,26,27). The molecule has 5 rings (SSSR count). The van der Waals surface area contributed by atoms with Gasteiger partial charge in [0.15, 0.2) is 0 Å². The molecule has 0 fully saturated rings. The Morgan fingerprint density at radius 3 is 2.52 bits per heavy atom. The highest BCUT2D eigenvalue weighted by molar-refractivity contribution is 6.33. The number of aryl methyl sites for hydroxylation is 1. The maximum Gasteiger partial charge on any atom is 0.271 e. The number of carbonyl (C=O) groups excluding carboxylic acids is 3. The van der Waals surface area contributed by atoms with Gasteiger partial charge < -0.3 is 4.57 Å². The van der Waals surface area contributed by atoms with Gasteiger partial charge in [0.05, 0.1) is 22.2 Å². The van der Waals surface area contributed by atoms with Gasteiger partial charge in [-0.3, -0.25) is 25.1 Å². The summed E-state index contributed by atoms with van der Waals surface area (Å²) >= 11 is 0. The molecule has 9 nitrogen and oxygen atoms in total. The van der Waals surface area contributed by atoms with E-state index in [-0.39, 0.29) is 16.7 Å². The number of benzene rings is 2. The third kappa shape index (κ3) is 2.02. The summed E-state index contributed by atoms with van der Waals surface area (Å²) in [6.45, 7) is 0. The summed E-state index contributed by atoms with van der Waals surface area (Å²) in [6, 6.07) is 9.21. The molecular formula is C18H12N6O3. The number of nitrogens with zero attached hydrogens (tertiary/aromatic N) is 4. The molecule has 2 aromatic heterocycles. The van der Waals surface area contributed by atoms with Gasteiger partial charge in [0.25, 0.3) is 17.7 Å². The molecule has 2 aromatic carbocycles. The summed E-state index contributed by atoms with van der Waals surface area (Å²) in [5, 5.41) is 11.1. The van der Waals surface area contributed by atoms with Crippen molar-refractivity contribution < 1.29 is 14.4 Å². The van der Waals surface area contributed by atoms with Crippen LogP contribution in [0.4, 0.5) is 0 Å². The normalized spacial score (nSPS) is 13.2. The van der Waals surface area contributed by atoms with Crippen LogP contribution in [0.3, 0.4) is 0 Å². The van der Waals surface area contributed by atoms with Gasteiger partial charge in [-0.15, -0.1) is 10.2 Å². The van der Waals surface area contributed by atoms with E-state index in [2.05, 4.69) is 20.9 Å². The van der Waals surface area contributed by atoms with E-state index in [1.807, 2.05) is 35.9 Å². The molecular weight excluding hydrogens is 348 g/mol. The van der Waals surface area contributed by atoms with E-state index in [0.29, 0.717) is 10.9 Å². The maximum atomic E-state index is 12.8. The lowest BCUT2D eigenvalue weighted by Crippen LogP contribution is -2.25. The van der Waals surface area contributed by atoms with Crippen LogP contribution in [-0.2, 0) is 7.05 Å². The zero-order valence-electron chi connectivity index (χ0n) is 14.1. The molecule has 0 saturated carbocycles. The molecule has 132 valence electrons. The first-order valence-electron chi connectivity index (χ1n) is 8.12. The number of amides is 3. The van der Waals surface area contributed by atoms with Crippen molar-refractivity contribution >= 4 is 39.5 Å². The number of fused-ring (bicyclic) bond motifs is 5. The Hall–Kier alpha value is -4.01. The molecule has 0 bridgehead atoms. The van der Waals surface area contributed by atoms with Crippen LogP contribution in [0.1, 0.15) is 31.1 Å². The predicted octanol–water partition coefficient (Wildman–Crippen LogP) is 1.19. The average molecular weight is 360 g/mol. The molecule has 9 heteroatoms. The van der Waals surface area contributed by atoms with Crippen molar-refractivity contribution in [1.82, 2.24) is 24.8 Å². The fraction of sp³-hybridized carbons (Fsp3) is 0.0556. The smallest absolute Gasteiger partial charge is 0.271 e. The van der Waals surface area contributed by atoms with Gasteiger partial charge >= 0.3 is 0 Å². The van der Waals surface area contributed by atoms with Gasteiger partial charge in [-0.1, -0.05) is 18.2 Å². The Labute approximate surface area is 151 Å². The van der Waals surface area contributed by atoms with Gasteiger partial charge in [0.2, 0.25) is 0 Å². The molecule has 1 aliphatic heterocycles. The third-order valence-electron chi connectivity index (χ3n) is 4.78. The number of para-hydroxylation sites is 1. The minimum absolute atomic E-state index is 0.0782. The molecule has 0 saturated heterocycles. The summed E-state index contributed by atoms with van der Waals surface area (Å²) in [5.74, 6) is -1.63. The second-order valence-electron chi connectivity index (χ2n) is 6.24. The second-order valence-corrected chi connectivity index (χ2v) is 6.24. The van der Waals surface area contributed by atoms with E-state index in [4.69, 9.17) is 0 Å². The van der Waals surface area contributed by atoms with Gasteiger partial charge in [-0.25, -0.2) is 4.68 Å². The molecule has 3 heterocycles. The number of carbonyl (C=O) groups is 3. The van der Waals surface area contributed by atoms with Crippen LogP contribution in [0.2, 0.25) is 0 Å². The van der Waals surface area contributed by atoms with E-state index >= 15 is 0 Å². The van der Waals surface area contributed by atoms with Crippen LogP contribution < -0.4 is 10.7 Å². The summed E-state index contributed by atoms with van der Waals surface area (Å²) in [5.41, 5.74) is 4.58. The molecule has 2 N–H and O–H groups in total. The lowest BCUT2D eigenvalue weighted by Gasteiger charge is -2.09. The largest absolute Gasteiger partial charge is 0.344 e. The highest BCUT2D eigenvalue weighted by atomic mass is 16.2. The molecule has 0 unspecified atom stereocenters. The average Bonchev–Trinajstić information content (AvgIpc) is 3.34. The number of imide groups is 1. The number of nitrogens with one attached hydrogen (secondary N) is 2. The maximum absolute atomic E-state index is 12.8. The van der Waals surface area contributed by atoms with Crippen molar-refractivity contribution in [3.63, 3.8) is 0 Å². The summed E-state index contributed by atoms with van der Waals surface area (Å²) < 4.78 is 3.17. The number of rotatable bonds is 2. The quantitative estimate of drug-likeness (QED) is 0.522. The van der Waals surface area contributed by atoms with Gasteiger partial charge in [0.1, 0.15) is 12.7 Å².